The number of hydrogen-bond donors (Lipinski definition) is 0. The van der Waals surface area contributed by atoms with E-state index in [2.05, 4.69) is 124 Å². The molecule has 10 rings (SSSR count). The normalized spacial score (nSPS) is 11.2. The number of fused-ring (bicyclic) bond motifs is 3. The van der Waals surface area contributed by atoms with Gasteiger partial charge in [0.2, 0.25) is 5.71 Å². The van der Waals surface area contributed by atoms with E-state index in [0.29, 0.717) is 5.71 Å². The zero-order valence-electron chi connectivity index (χ0n) is 33.5. The van der Waals surface area contributed by atoms with Crippen molar-refractivity contribution in [1.82, 2.24) is 19.9 Å². The van der Waals surface area contributed by atoms with Gasteiger partial charge in [0.15, 0.2) is 0 Å². The van der Waals surface area contributed by atoms with E-state index in [9.17, 15) is 0 Å². The van der Waals surface area contributed by atoms with Crippen LogP contribution < -0.4 is 0 Å². The van der Waals surface area contributed by atoms with Gasteiger partial charge in [-0.15, -0.1) is 82.9 Å². The van der Waals surface area contributed by atoms with Gasteiger partial charge in [-0.2, -0.15) is 0 Å². The molecule has 5 nitrogen and oxygen atoms in total. The van der Waals surface area contributed by atoms with Gasteiger partial charge in [-0.3, -0.25) is 0 Å². The minimum Gasteiger partial charge on any atom is -0.486 e. The zero-order valence-corrected chi connectivity index (χ0v) is 35.9. The van der Waals surface area contributed by atoms with Gasteiger partial charge in [0, 0.05) is 29.7 Å². The van der Waals surface area contributed by atoms with E-state index >= 15 is 0 Å². The molecule has 0 aliphatic carbocycles. The molecular formula is C55H39IrN4O. The van der Waals surface area contributed by atoms with Crippen LogP contribution in [0.15, 0.2) is 175 Å². The van der Waals surface area contributed by atoms with Crippen LogP contribution in [0.2, 0.25) is 0 Å². The number of benzene rings is 5. The van der Waals surface area contributed by atoms with Gasteiger partial charge in [-0.1, -0.05) is 108 Å². The summed E-state index contributed by atoms with van der Waals surface area (Å²) in [6.07, 6.45) is 9.02. The van der Waals surface area contributed by atoms with Crippen LogP contribution in [0.25, 0.3) is 78.1 Å². The van der Waals surface area contributed by atoms with E-state index in [-0.39, 0.29) is 20.1 Å². The molecule has 0 fully saturated rings. The molecule has 5 heterocycles. The Labute approximate surface area is 369 Å². The van der Waals surface area contributed by atoms with Crippen LogP contribution in [-0.2, 0) is 45.8 Å². The molecule has 10 aromatic rings. The van der Waals surface area contributed by atoms with Crippen LogP contribution in [0.4, 0.5) is 0 Å². The Hall–Kier alpha value is -6.85. The summed E-state index contributed by atoms with van der Waals surface area (Å²) in [5, 5.41) is 1.98. The van der Waals surface area contributed by atoms with Crippen molar-refractivity contribution in [1.29, 1.82) is 0 Å². The van der Waals surface area contributed by atoms with E-state index < -0.39 is 0 Å². The number of furan rings is 1. The minimum atomic E-state index is 0. The Morgan fingerprint density at radius 1 is 0.492 bits per heavy atom. The van der Waals surface area contributed by atoms with E-state index in [1.807, 2.05) is 80.0 Å². The van der Waals surface area contributed by atoms with Crippen LogP contribution in [0.1, 0.15) is 27.9 Å². The van der Waals surface area contributed by atoms with Gasteiger partial charge in [-0.25, -0.2) is 4.98 Å². The van der Waals surface area contributed by atoms with Gasteiger partial charge in [0.05, 0.1) is 5.58 Å². The van der Waals surface area contributed by atoms with Crippen molar-refractivity contribution in [2.75, 3.05) is 0 Å². The van der Waals surface area contributed by atoms with Crippen molar-refractivity contribution in [2.45, 2.75) is 32.6 Å². The van der Waals surface area contributed by atoms with Crippen LogP contribution >= 0.6 is 0 Å². The molecule has 0 saturated heterocycles. The third-order valence-electron chi connectivity index (χ3n) is 11.1. The van der Waals surface area contributed by atoms with E-state index in [1.54, 1.807) is 6.20 Å². The second-order valence-electron chi connectivity index (χ2n) is 15.1. The molecule has 0 saturated carbocycles. The van der Waals surface area contributed by atoms with Crippen LogP contribution in [0.5, 0.6) is 0 Å². The first kappa shape index (κ1) is 39.6. The van der Waals surface area contributed by atoms with Crippen molar-refractivity contribution in [3.05, 3.63) is 216 Å². The number of hydrogen-bond acceptors (Lipinski definition) is 5. The molecule has 0 N–H and O–H groups in total. The first-order valence-corrected chi connectivity index (χ1v) is 20.4. The molecule has 6 heteroatoms. The van der Waals surface area contributed by atoms with Crippen molar-refractivity contribution < 1.29 is 24.5 Å². The molecular weight excluding hydrogens is 925 g/mol. The first-order valence-electron chi connectivity index (χ1n) is 20.4. The molecule has 0 bridgehead atoms. The molecule has 294 valence electrons. The van der Waals surface area contributed by atoms with Crippen LogP contribution in [-0.4, -0.2) is 19.9 Å². The fourth-order valence-corrected chi connectivity index (χ4v) is 8.05. The van der Waals surface area contributed by atoms with Crippen molar-refractivity contribution in [3.63, 3.8) is 0 Å². The van der Waals surface area contributed by atoms with Crippen molar-refractivity contribution >= 4 is 22.1 Å². The van der Waals surface area contributed by atoms with Gasteiger partial charge < -0.3 is 19.4 Å². The number of aryl methyl sites for hydroxylation is 5. The minimum absolute atomic E-state index is 0. The maximum atomic E-state index is 6.58. The summed E-state index contributed by atoms with van der Waals surface area (Å²) in [5.41, 5.74) is 17.3. The largest absolute Gasteiger partial charge is 3.00 e. The van der Waals surface area contributed by atoms with E-state index in [0.717, 1.165) is 98.2 Å². The third-order valence-corrected chi connectivity index (χ3v) is 11.1. The predicted molar refractivity (Wildman–Crippen MR) is 241 cm³/mol. The summed E-state index contributed by atoms with van der Waals surface area (Å²) in [5.74, 6) is 0. The SMILES string of the molecule is Cc1ccc2c(n1)oc1c(-c3ccccn3)[c-]cc(-c3ccccc3-c3cc(CCc4c[c-]c(-c5ccccn5)cc4)cc(CCc4c[c-]c(-c5ccccn5)cc4)c3)c12.[Ir+3]. The fraction of sp³-hybridized carbons (Fsp3) is 0.0909. The Morgan fingerprint density at radius 2 is 1.05 bits per heavy atom. The quantitative estimate of drug-likeness (QED) is 0.121. The molecule has 0 unspecified atom stereocenters. The topological polar surface area (TPSA) is 64.7 Å². The zero-order chi connectivity index (χ0) is 40.3. The Bertz CT molecular complexity index is 2970. The summed E-state index contributed by atoms with van der Waals surface area (Å²) in [4.78, 5) is 18.5. The summed E-state index contributed by atoms with van der Waals surface area (Å²) >= 11 is 0. The first-order chi connectivity index (χ1) is 29.6. The molecule has 0 spiro atoms. The predicted octanol–water partition coefficient (Wildman–Crippen LogP) is 12.8. The Kier molecular flexibility index (Phi) is 11.5. The van der Waals surface area contributed by atoms with Crippen LogP contribution in [0, 0.1) is 25.1 Å². The van der Waals surface area contributed by atoms with Gasteiger partial charge in [-0.05, 0) is 94.8 Å². The van der Waals surface area contributed by atoms with E-state index in [1.165, 1.54) is 27.8 Å². The second-order valence-corrected chi connectivity index (χ2v) is 15.1. The van der Waals surface area contributed by atoms with Gasteiger partial charge in [0.1, 0.15) is 0 Å². The molecule has 61 heavy (non-hydrogen) atoms. The number of pyridine rings is 4. The molecule has 0 aliphatic rings. The number of rotatable bonds is 11. The molecule has 0 aliphatic heterocycles. The summed E-state index contributed by atoms with van der Waals surface area (Å²) in [7, 11) is 0. The summed E-state index contributed by atoms with van der Waals surface area (Å²) in [6, 6.07) is 63.3. The Morgan fingerprint density at radius 3 is 1.61 bits per heavy atom. The molecule has 0 amide bonds. The monoisotopic (exact) mass is 964 g/mol. The van der Waals surface area contributed by atoms with Crippen molar-refractivity contribution in [2.24, 2.45) is 0 Å². The number of nitrogens with zero attached hydrogens (tertiary/aromatic N) is 4. The van der Waals surface area contributed by atoms with Crippen molar-refractivity contribution in [3.8, 4) is 56.0 Å². The van der Waals surface area contributed by atoms with Gasteiger partial charge >= 0.3 is 20.1 Å². The van der Waals surface area contributed by atoms with Gasteiger partial charge in [0.25, 0.3) is 0 Å². The molecule has 0 radical (unpaired) electrons. The smallest absolute Gasteiger partial charge is 0.486 e. The van der Waals surface area contributed by atoms with E-state index in [4.69, 9.17) is 9.40 Å². The van der Waals surface area contributed by atoms with Crippen LogP contribution in [0.3, 0.4) is 0 Å². The molecule has 5 aromatic heterocycles. The molecule has 5 aromatic carbocycles. The standard InChI is InChI=1S/C55H39N4O.Ir/c1-37-15-28-49-53-47(29-30-48(52-14-6-9-33-58-52)54(53)60-55(49)59-37)46-11-3-2-10-45(46)44-35-40(18-16-38-20-24-42(25-21-38)50-12-4-7-31-56-50)34-41(36-44)19-17-39-22-26-43(27-23-39)51-13-5-8-32-57-51;/h2-15,20-24,26,28-29,31-36H,16-19H2,1H3;/q-3;+3. The average Bonchev–Trinajstić information content (AvgIpc) is 3.70. The fourth-order valence-electron chi connectivity index (χ4n) is 8.05. The molecule has 0 atom stereocenters. The average molecular weight is 964 g/mol. The second kappa shape index (κ2) is 17.8. The Balaban J connectivity index is 0.00000476. The number of aromatic nitrogens is 4. The maximum absolute atomic E-state index is 6.58. The summed E-state index contributed by atoms with van der Waals surface area (Å²) < 4.78 is 6.58. The maximum Gasteiger partial charge on any atom is 3.00 e. The summed E-state index contributed by atoms with van der Waals surface area (Å²) in [6.45, 7) is 1.99. The third kappa shape index (κ3) is 8.47.